The molecule has 0 spiro atoms. The number of rotatable bonds is 7. The fourth-order valence-corrected chi connectivity index (χ4v) is 2.11. The van der Waals surface area contributed by atoms with Gasteiger partial charge >= 0.3 is 0 Å². The molecule has 122 valence electrons. The Balaban J connectivity index is 1.92. The number of carbonyl (C=O) groups excluding carboxylic acids is 1. The Morgan fingerprint density at radius 2 is 1.65 bits per heavy atom. The largest absolute Gasteiger partial charge is 0.457 e. The number of amides is 1. The lowest BCUT2D eigenvalue weighted by atomic mass is 9.89. The number of benzene rings is 2. The van der Waals surface area contributed by atoms with Gasteiger partial charge in [-0.05, 0) is 48.2 Å². The lowest BCUT2D eigenvalue weighted by Crippen LogP contribution is -2.34. The second kappa shape index (κ2) is 7.79. The molecule has 0 aliphatic carbocycles. The van der Waals surface area contributed by atoms with Gasteiger partial charge in [0.1, 0.15) is 11.5 Å². The first-order chi connectivity index (χ1) is 11.0. The highest BCUT2D eigenvalue weighted by molar-refractivity contribution is 5.94. The van der Waals surface area contributed by atoms with Crippen LogP contribution >= 0.6 is 0 Å². The van der Waals surface area contributed by atoms with Crippen LogP contribution in [0.2, 0.25) is 0 Å². The van der Waals surface area contributed by atoms with Gasteiger partial charge < -0.3 is 15.2 Å². The van der Waals surface area contributed by atoms with Crippen molar-refractivity contribution < 1.29 is 14.6 Å². The first-order valence-corrected chi connectivity index (χ1v) is 7.72. The van der Waals surface area contributed by atoms with E-state index in [0.29, 0.717) is 24.3 Å². The molecule has 0 aromatic heterocycles. The second-order valence-corrected chi connectivity index (χ2v) is 6.26. The standard InChI is InChI=1S/C19H23NO3/c1-19(2,12-13-21)14-20-18(22)15-8-10-17(11-9-15)23-16-6-4-3-5-7-16/h3-11,21H,12-14H2,1-2H3,(H,20,22). The number of hydrogen-bond acceptors (Lipinski definition) is 3. The average molecular weight is 313 g/mol. The van der Waals surface area contributed by atoms with Gasteiger partial charge in [-0.15, -0.1) is 0 Å². The molecule has 2 rings (SSSR count). The molecule has 0 bridgehead atoms. The topological polar surface area (TPSA) is 58.6 Å². The molecule has 0 radical (unpaired) electrons. The Morgan fingerprint density at radius 1 is 1.04 bits per heavy atom. The molecule has 0 aliphatic rings. The maximum absolute atomic E-state index is 12.2. The zero-order valence-corrected chi connectivity index (χ0v) is 13.6. The molecule has 0 aliphatic heterocycles. The first kappa shape index (κ1) is 17.0. The highest BCUT2D eigenvalue weighted by Gasteiger charge is 2.18. The summed E-state index contributed by atoms with van der Waals surface area (Å²) in [7, 11) is 0. The van der Waals surface area contributed by atoms with Crippen LogP contribution in [-0.2, 0) is 0 Å². The van der Waals surface area contributed by atoms with Crippen molar-refractivity contribution in [2.75, 3.05) is 13.2 Å². The van der Waals surface area contributed by atoms with Crippen LogP contribution in [0.4, 0.5) is 0 Å². The molecule has 23 heavy (non-hydrogen) atoms. The van der Waals surface area contributed by atoms with Gasteiger partial charge in [-0.1, -0.05) is 32.0 Å². The molecule has 4 nitrogen and oxygen atoms in total. The highest BCUT2D eigenvalue weighted by atomic mass is 16.5. The van der Waals surface area contributed by atoms with Crippen LogP contribution in [-0.4, -0.2) is 24.2 Å². The van der Waals surface area contributed by atoms with Crippen molar-refractivity contribution in [2.24, 2.45) is 5.41 Å². The van der Waals surface area contributed by atoms with E-state index in [9.17, 15) is 4.79 Å². The van der Waals surface area contributed by atoms with Gasteiger partial charge in [-0.3, -0.25) is 4.79 Å². The molecule has 0 saturated carbocycles. The minimum atomic E-state index is -0.124. The Labute approximate surface area is 137 Å². The predicted molar refractivity (Wildman–Crippen MR) is 90.8 cm³/mol. The molecule has 2 aromatic carbocycles. The third kappa shape index (κ3) is 5.42. The van der Waals surface area contributed by atoms with E-state index in [-0.39, 0.29) is 17.9 Å². The summed E-state index contributed by atoms with van der Waals surface area (Å²) in [5.74, 6) is 1.33. The molecular formula is C19H23NO3. The molecule has 0 saturated heterocycles. The zero-order valence-electron chi connectivity index (χ0n) is 13.6. The van der Waals surface area contributed by atoms with Crippen molar-refractivity contribution in [3.63, 3.8) is 0 Å². The van der Waals surface area contributed by atoms with Gasteiger partial charge in [0, 0.05) is 18.7 Å². The minimum Gasteiger partial charge on any atom is -0.457 e. The Bertz CT molecular complexity index is 621. The summed E-state index contributed by atoms with van der Waals surface area (Å²) < 4.78 is 5.70. The Kier molecular flexibility index (Phi) is 5.77. The molecule has 0 heterocycles. The van der Waals surface area contributed by atoms with Crippen molar-refractivity contribution in [1.82, 2.24) is 5.32 Å². The van der Waals surface area contributed by atoms with Crippen molar-refractivity contribution in [3.05, 3.63) is 60.2 Å². The van der Waals surface area contributed by atoms with E-state index < -0.39 is 0 Å². The van der Waals surface area contributed by atoms with Crippen LogP contribution in [0, 0.1) is 5.41 Å². The number of hydrogen-bond donors (Lipinski definition) is 2. The minimum absolute atomic E-state index is 0.119. The molecular weight excluding hydrogens is 290 g/mol. The molecule has 0 unspecified atom stereocenters. The molecule has 4 heteroatoms. The van der Waals surface area contributed by atoms with Crippen molar-refractivity contribution in [1.29, 1.82) is 0 Å². The number of aliphatic hydroxyl groups excluding tert-OH is 1. The summed E-state index contributed by atoms with van der Waals surface area (Å²) in [5.41, 5.74) is 0.464. The van der Waals surface area contributed by atoms with E-state index >= 15 is 0 Å². The van der Waals surface area contributed by atoms with Gasteiger partial charge in [-0.2, -0.15) is 0 Å². The van der Waals surface area contributed by atoms with E-state index in [4.69, 9.17) is 9.84 Å². The normalized spacial score (nSPS) is 11.1. The van der Waals surface area contributed by atoms with Crippen molar-refractivity contribution in [2.45, 2.75) is 20.3 Å². The third-order valence-corrected chi connectivity index (χ3v) is 3.61. The summed E-state index contributed by atoms with van der Waals surface area (Å²) >= 11 is 0. The maximum Gasteiger partial charge on any atom is 0.251 e. The second-order valence-electron chi connectivity index (χ2n) is 6.26. The van der Waals surface area contributed by atoms with Crippen LogP contribution in [0.15, 0.2) is 54.6 Å². The molecule has 0 atom stereocenters. The number of ether oxygens (including phenoxy) is 1. The van der Waals surface area contributed by atoms with E-state index in [0.717, 1.165) is 5.75 Å². The monoisotopic (exact) mass is 313 g/mol. The fraction of sp³-hybridized carbons (Fsp3) is 0.316. The van der Waals surface area contributed by atoms with Crippen LogP contribution in [0.25, 0.3) is 0 Å². The van der Waals surface area contributed by atoms with Crippen LogP contribution in [0.1, 0.15) is 30.6 Å². The summed E-state index contributed by atoms with van der Waals surface area (Å²) in [4.78, 5) is 12.2. The lowest BCUT2D eigenvalue weighted by Gasteiger charge is -2.23. The highest BCUT2D eigenvalue weighted by Crippen LogP contribution is 2.21. The van der Waals surface area contributed by atoms with Crippen LogP contribution < -0.4 is 10.1 Å². The lowest BCUT2D eigenvalue weighted by molar-refractivity contribution is 0.0928. The Hall–Kier alpha value is -2.33. The van der Waals surface area contributed by atoms with E-state index in [1.54, 1.807) is 24.3 Å². The van der Waals surface area contributed by atoms with E-state index in [1.807, 2.05) is 44.2 Å². The van der Waals surface area contributed by atoms with Crippen LogP contribution in [0.3, 0.4) is 0 Å². The van der Waals surface area contributed by atoms with E-state index in [2.05, 4.69) is 5.32 Å². The Morgan fingerprint density at radius 3 is 2.26 bits per heavy atom. The summed E-state index contributed by atoms with van der Waals surface area (Å²) in [6.07, 6.45) is 0.650. The van der Waals surface area contributed by atoms with Gasteiger partial charge in [0.15, 0.2) is 0 Å². The van der Waals surface area contributed by atoms with Gasteiger partial charge in [0.05, 0.1) is 0 Å². The predicted octanol–water partition coefficient (Wildman–Crippen LogP) is 3.62. The first-order valence-electron chi connectivity index (χ1n) is 7.72. The number of carbonyl (C=O) groups is 1. The molecule has 2 aromatic rings. The quantitative estimate of drug-likeness (QED) is 0.821. The van der Waals surface area contributed by atoms with Crippen LogP contribution in [0.5, 0.6) is 11.5 Å². The zero-order chi connectivity index (χ0) is 16.7. The molecule has 1 amide bonds. The summed E-state index contributed by atoms with van der Waals surface area (Å²) in [5, 5.41) is 11.9. The molecule has 0 fully saturated rings. The third-order valence-electron chi connectivity index (χ3n) is 3.61. The van der Waals surface area contributed by atoms with Gasteiger partial charge in [0.25, 0.3) is 5.91 Å². The number of para-hydroxylation sites is 1. The van der Waals surface area contributed by atoms with Gasteiger partial charge in [0.2, 0.25) is 0 Å². The van der Waals surface area contributed by atoms with Gasteiger partial charge in [-0.25, -0.2) is 0 Å². The number of nitrogens with one attached hydrogen (secondary N) is 1. The maximum atomic E-state index is 12.2. The summed E-state index contributed by atoms with van der Waals surface area (Å²) in [6, 6.07) is 16.5. The van der Waals surface area contributed by atoms with E-state index in [1.165, 1.54) is 0 Å². The SMILES string of the molecule is CC(C)(CCO)CNC(=O)c1ccc(Oc2ccccc2)cc1. The van der Waals surface area contributed by atoms with Crippen molar-refractivity contribution >= 4 is 5.91 Å². The number of aliphatic hydroxyl groups is 1. The summed E-state index contributed by atoms with van der Waals surface area (Å²) in [6.45, 7) is 4.67. The molecule has 2 N–H and O–H groups in total. The van der Waals surface area contributed by atoms with Crippen molar-refractivity contribution in [3.8, 4) is 11.5 Å². The fourth-order valence-electron chi connectivity index (χ4n) is 2.11. The average Bonchev–Trinajstić information content (AvgIpc) is 2.54. The smallest absolute Gasteiger partial charge is 0.251 e.